The van der Waals surface area contributed by atoms with Gasteiger partial charge in [-0.25, -0.2) is 0 Å². The minimum absolute atomic E-state index is 0.462. The summed E-state index contributed by atoms with van der Waals surface area (Å²) in [6.45, 7) is 10.4. The van der Waals surface area contributed by atoms with E-state index in [9.17, 15) is 0 Å². The fourth-order valence-electron chi connectivity index (χ4n) is 0.583. The lowest BCUT2D eigenvalue weighted by Crippen LogP contribution is -1.83. The van der Waals surface area contributed by atoms with E-state index in [0.29, 0.717) is 5.92 Å². The van der Waals surface area contributed by atoms with Crippen molar-refractivity contribution in [3.05, 3.63) is 19.1 Å². The zero-order valence-corrected chi connectivity index (χ0v) is 6.72. The van der Waals surface area contributed by atoms with Gasteiger partial charge in [0.1, 0.15) is 5.92 Å². The molecule has 0 fully saturated rings. The van der Waals surface area contributed by atoms with Gasteiger partial charge in [-0.05, 0) is 25.3 Å². The van der Waals surface area contributed by atoms with Crippen molar-refractivity contribution in [2.75, 3.05) is 0 Å². The topological polar surface area (TPSA) is 0 Å². The van der Waals surface area contributed by atoms with Crippen molar-refractivity contribution in [2.24, 2.45) is 11.8 Å². The predicted molar refractivity (Wildman–Crippen MR) is 43.1 cm³/mol. The SMILES string of the molecule is [CH2+]C(C)/C=C/CC(C)C. The molecule has 0 heterocycles. The highest BCUT2D eigenvalue weighted by atomic mass is 13.9. The summed E-state index contributed by atoms with van der Waals surface area (Å²) in [7, 11) is 0. The normalized spacial score (nSPS) is 15.1. The van der Waals surface area contributed by atoms with E-state index in [0.717, 1.165) is 5.92 Å². The Labute approximate surface area is 59.0 Å². The van der Waals surface area contributed by atoms with E-state index in [-0.39, 0.29) is 0 Å². The summed E-state index contributed by atoms with van der Waals surface area (Å²) in [5.74, 6) is 1.24. The van der Waals surface area contributed by atoms with Crippen LogP contribution >= 0.6 is 0 Å². The van der Waals surface area contributed by atoms with E-state index in [1.54, 1.807) is 0 Å². The lowest BCUT2D eigenvalue weighted by molar-refractivity contribution is 0.660. The van der Waals surface area contributed by atoms with Crippen molar-refractivity contribution in [2.45, 2.75) is 27.2 Å². The van der Waals surface area contributed by atoms with Gasteiger partial charge in [-0.15, -0.1) is 0 Å². The van der Waals surface area contributed by atoms with Crippen LogP contribution in [0.5, 0.6) is 0 Å². The first kappa shape index (κ1) is 8.61. The summed E-state index contributed by atoms with van der Waals surface area (Å²) >= 11 is 0. The Morgan fingerprint density at radius 2 is 1.89 bits per heavy atom. The average molecular weight is 125 g/mol. The minimum atomic E-state index is 0.462. The third-order valence-corrected chi connectivity index (χ3v) is 1.07. The molecule has 0 bridgehead atoms. The number of rotatable bonds is 3. The highest BCUT2D eigenvalue weighted by Crippen LogP contribution is 2.02. The first-order chi connectivity index (χ1) is 4.13. The first-order valence-corrected chi connectivity index (χ1v) is 3.62. The lowest BCUT2D eigenvalue weighted by Gasteiger charge is -1.95. The zero-order valence-electron chi connectivity index (χ0n) is 6.72. The van der Waals surface area contributed by atoms with Gasteiger partial charge in [0.2, 0.25) is 0 Å². The molecule has 9 heavy (non-hydrogen) atoms. The second kappa shape index (κ2) is 4.49. The molecule has 0 radical (unpaired) electrons. The maximum atomic E-state index is 3.85. The predicted octanol–water partition coefficient (Wildman–Crippen LogP) is 3.06. The molecule has 0 aromatic rings. The van der Waals surface area contributed by atoms with E-state index in [2.05, 4.69) is 39.8 Å². The summed E-state index contributed by atoms with van der Waals surface area (Å²) in [5.41, 5.74) is 0. The molecule has 1 atom stereocenters. The van der Waals surface area contributed by atoms with Crippen LogP contribution < -0.4 is 0 Å². The zero-order chi connectivity index (χ0) is 7.28. The highest BCUT2D eigenvalue weighted by Gasteiger charge is 1.91. The quantitative estimate of drug-likeness (QED) is 0.401. The third kappa shape index (κ3) is 7.61. The van der Waals surface area contributed by atoms with Gasteiger partial charge in [-0.1, -0.05) is 19.9 Å². The maximum Gasteiger partial charge on any atom is 0.110 e. The Balaban J connectivity index is 3.25. The molecule has 0 aliphatic carbocycles. The fraction of sp³-hybridized carbons (Fsp3) is 0.667. The largest absolute Gasteiger partial charge is 0.110 e. The van der Waals surface area contributed by atoms with Crippen LogP contribution in [0, 0.1) is 18.8 Å². The second-order valence-electron chi connectivity index (χ2n) is 3.03. The molecule has 0 N–H and O–H groups in total. The smallest absolute Gasteiger partial charge is 0.0838 e. The van der Waals surface area contributed by atoms with Crippen molar-refractivity contribution in [1.29, 1.82) is 0 Å². The summed E-state index contributed by atoms with van der Waals surface area (Å²) in [4.78, 5) is 0. The van der Waals surface area contributed by atoms with Crippen LogP contribution in [0.3, 0.4) is 0 Å². The molecule has 1 unspecified atom stereocenters. The van der Waals surface area contributed by atoms with Gasteiger partial charge in [0.25, 0.3) is 0 Å². The van der Waals surface area contributed by atoms with E-state index in [1.165, 1.54) is 6.42 Å². The van der Waals surface area contributed by atoms with Gasteiger partial charge in [0.05, 0.1) is 6.92 Å². The van der Waals surface area contributed by atoms with E-state index < -0.39 is 0 Å². The average Bonchev–Trinajstić information content (AvgIpc) is 1.63. The molecule has 0 aliphatic rings. The fourth-order valence-corrected chi connectivity index (χ4v) is 0.583. The molecule has 0 aromatic heterocycles. The molecular weight excluding hydrogens is 108 g/mol. The molecule has 0 heteroatoms. The Morgan fingerprint density at radius 1 is 1.33 bits per heavy atom. The van der Waals surface area contributed by atoms with Crippen LogP contribution in [-0.2, 0) is 0 Å². The van der Waals surface area contributed by atoms with Crippen molar-refractivity contribution >= 4 is 0 Å². The van der Waals surface area contributed by atoms with Gasteiger partial charge in [-0.2, -0.15) is 0 Å². The first-order valence-electron chi connectivity index (χ1n) is 3.62. The molecule has 0 aromatic carbocycles. The molecular formula is C9H17+. The standard InChI is InChI=1S/C9H17/c1-8(2)6-5-7-9(3)4/h5-6,8-9H,1,7H2,2-4H3/q+1/b6-5+. The number of allylic oxidation sites excluding steroid dienone is 2. The number of hydrogen-bond donors (Lipinski definition) is 0. The minimum Gasteiger partial charge on any atom is -0.0838 e. The Kier molecular flexibility index (Phi) is 4.29. The molecule has 52 valence electrons. The Hall–Kier alpha value is -0.390. The molecule has 0 spiro atoms. The summed E-state index contributed by atoms with van der Waals surface area (Å²) < 4.78 is 0. The second-order valence-corrected chi connectivity index (χ2v) is 3.03. The van der Waals surface area contributed by atoms with Crippen molar-refractivity contribution in [3.63, 3.8) is 0 Å². The molecule has 0 saturated carbocycles. The summed E-state index contributed by atoms with van der Waals surface area (Å²) in [6.07, 6.45) is 5.54. The number of hydrogen-bond acceptors (Lipinski definition) is 0. The summed E-state index contributed by atoms with van der Waals surface area (Å²) in [6, 6.07) is 0. The maximum absolute atomic E-state index is 3.85. The molecule has 0 nitrogen and oxygen atoms in total. The molecule has 0 amide bonds. The van der Waals surface area contributed by atoms with Crippen LogP contribution in [0.1, 0.15) is 27.2 Å². The van der Waals surface area contributed by atoms with E-state index >= 15 is 0 Å². The molecule has 0 aliphatic heterocycles. The van der Waals surface area contributed by atoms with Gasteiger partial charge in [0.15, 0.2) is 0 Å². The Morgan fingerprint density at radius 3 is 2.22 bits per heavy atom. The van der Waals surface area contributed by atoms with Crippen LogP contribution in [0.15, 0.2) is 12.2 Å². The van der Waals surface area contributed by atoms with Gasteiger partial charge >= 0.3 is 0 Å². The van der Waals surface area contributed by atoms with Gasteiger partial charge in [-0.3, -0.25) is 0 Å². The Bertz CT molecular complexity index is 78.0. The van der Waals surface area contributed by atoms with Crippen LogP contribution in [-0.4, -0.2) is 0 Å². The van der Waals surface area contributed by atoms with Crippen LogP contribution in [0.2, 0.25) is 0 Å². The van der Waals surface area contributed by atoms with Gasteiger partial charge in [0, 0.05) is 0 Å². The highest BCUT2D eigenvalue weighted by molar-refractivity contribution is 4.87. The molecule has 0 rings (SSSR count). The molecule has 0 saturated heterocycles. The summed E-state index contributed by atoms with van der Waals surface area (Å²) in [5, 5.41) is 0. The van der Waals surface area contributed by atoms with Crippen molar-refractivity contribution < 1.29 is 0 Å². The third-order valence-electron chi connectivity index (χ3n) is 1.07. The van der Waals surface area contributed by atoms with Crippen LogP contribution in [0.4, 0.5) is 0 Å². The van der Waals surface area contributed by atoms with Crippen LogP contribution in [0.25, 0.3) is 0 Å². The van der Waals surface area contributed by atoms with E-state index in [4.69, 9.17) is 0 Å². The monoisotopic (exact) mass is 125 g/mol. The van der Waals surface area contributed by atoms with Crippen molar-refractivity contribution in [3.8, 4) is 0 Å². The van der Waals surface area contributed by atoms with E-state index in [1.807, 2.05) is 0 Å². The van der Waals surface area contributed by atoms with Gasteiger partial charge < -0.3 is 0 Å². The van der Waals surface area contributed by atoms with Crippen molar-refractivity contribution in [1.82, 2.24) is 0 Å². The lowest BCUT2D eigenvalue weighted by atomic mass is 10.1.